The fraction of sp³-hybridized carbons (Fsp3) is 0.600. The zero-order valence-corrected chi connectivity index (χ0v) is 12.0. The number of aryl methyl sites for hydroxylation is 1. The van der Waals surface area contributed by atoms with E-state index in [9.17, 15) is 4.79 Å². The van der Waals surface area contributed by atoms with Crippen LogP contribution in [-0.4, -0.2) is 23.5 Å². The van der Waals surface area contributed by atoms with Gasteiger partial charge >= 0.3 is 0 Å². The Morgan fingerprint density at radius 3 is 2.71 bits per heavy atom. The van der Waals surface area contributed by atoms with Gasteiger partial charge in [-0.25, -0.2) is 4.98 Å². The van der Waals surface area contributed by atoms with Crippen molar-refractivity contribution < 1.29 is 4.79 Å². The lowest BCUT2D eigenvalue weighted by Gasteiger charge is -2.15. The van der Waals surface area contributed by atoms with Gasteiger partial charge in [0.15, 0.2) is 0 Å². The molecule has 1 aliphatic carbocycles. The number of nitrogens with one attached hydrogen (secondary N) is 1. The first-order chi connectivity index (χ1) is 7.22. The predicted molar refractivity (Wildman–Crippen MR) is 74.4 cm³/mol. The first-order valence-electron chi connectivity index (χ1n) is 5.13. The highest BCUT2D eigenvalue weighted by Gasteiger charge is 2.31. The average Bonchev–Trinajstić information content (AvgIpc) is 2.97. The molecule has 1 aromatic rings. The molecule has 2 rings (SSSR count). The highest BCUT2D eigenvalue weighted by Crippen LogP contribution is 2.32. The quantitative estimate of drug-likeness (QED) is 0.890. The van der Waals surface area contributed by atoms with Crippen LogP contribution in [0.5, 0.6) is 0 Å². The van der Waals surface area contributed by atoms with Gasteiger partial charge in [0.2, 0.25) is 0 Å². The van der Waals surface area contributed by atoms with Gasteiger partial charge in [-0.3, -0.25) is 4.79 Å². The van der Waals surface area contributed by atoms with Gasteiger partial charge in [-0.1, -0.05) is 0 Å². The van der Waals surface area contributed by atoms with E-state index < -0.39 is 0 Å². The fourth-order valence-electron chi connectivity index (χ4n) is 1.62. The zero-order chi connectivity index (χ0) is 10.8. The molecule has 7 heteroatoms. The molecule has 1 saturated carbocycles. The van der Waals surface area contributed by atoms with Gasteiger partial charge in [0.25, 0.3) is 5.91 Å². The summed E-state index contributed by atoms with van der Waals surface area (Å²) >= 11 is 1.38. The number of carbonyl (C=O) groups excluding carboxylic acids is 1. The molecule has 4 nitrogen and oxygen atoms in total. The van der Waals surface area contributed by atoms with Crippen LogP contribution in [0.25, 0.3) is 0 Å². The van der Waals surface area contributed by atoms with Crippen molar-refractivity contribution in [2.75, 3.05) is 6.54 Å². The molecule has 1 fully saturated rings. The summed E-state index contributed by atoms with van der Waals surface area (Å²) in [5.74, 6) is 0.560. The maximum Gasteiger partial charge on any atom is 0.263 e. The molecule has 98 valence electrons. The third kappa shape index (κ3) is 4.10. The Balaban J connectivity index is 0.00000128. The van der Waals surface area contributed by atoms with E-state index in [0.717, 1.165) is 5.69 Å². The van der Waals surface area contributed by atoms with Gasteiger partial charge in [0.05, 0.1) is 11.2 Å². The molecule has 17 heavy (non-hydrogen) atoms. The molecular formula is C10H17Cl2N3OS. The maximum absolute atomic E-state index is 11.8. The van der Waals surface area contributed by atoms with Crippen LogP contribution in [0.3, 0.4) is 0 Å². The lowest BCUT2D eigenvalue weighted by molar-refractivity contribution is 0.0937. The van der Waals surface area contributed by atoms with Gasteiger partial charge in [-0.05, 0) is 25.7 Å². The standard InChI is InChI=1S/C10H15N3OS.2ClH/c1-6-9(15-5-12-6)10(14)13-8(4-11)7-2-3-7;;/h5,7-8H,2-4,11H2,1H3,(H,13,14);2*1H. The number of nitrogens with zero attached hydrogens (tertiary/aromatic N) is 1. The van der Waals surface area contributed by atoms with Gasteiger partial charge < -0.3 is 11.1 Å². The molecule has 1 aromatic heterocycles. The van der Waals surface area contributed by atoms with Crippen LogP contribution >= 0.6 is 36.2 Å². The number of carbonyl (C=O) groups is 1. The van der Waals surface area contributed by atoms with Gasteiger partial charge in [-0.15, -0.1) is 36.2 Å². The van der Waals surface area contributed by atoms with Crippen LogP contribution in [-0.2, 0) is 0 Å². The minimum Gasteiger partial charge on any atom is -0.347 e. The highest BCUT2D eigenvalue weighted by atomic mass is 35.5. The van der Waals surface area contributed by atoms with Gasteiger partial charge in [0, 0.05) is 12.6 Å². The van der Waals surface area contributed by atoms with E-state index in [2.05, 4.69) is 10.3 Å². The molecular weight excluding hydrogens is 281 g/mol. The predicted octanol–water partition coefficient (Wildman–Crippen LogP) is 1.76. The topological polar surface area (TPSA) is 68.0 Å². The monoisotopic (exact) mass is 297 g/mol. The van der Waals surface area contributed by atoms with E-state index in [1.54, 1.807) is 5.51 Å². The lowest BCUT2D eigenvalue weighted by atomic mass is 10.2. The number of aromatic nitrogens is 1. The Hall–Kier alpha value is -0.360. The molecule has 1 atom stereocenters. The lowest BCUT2D eigenvalue weighted by Crippen LogP contribution is -2.41. The van der Waals surface area contributed by atoms with Crippen molar-refractivity contribution in [1.82, 2.24) is 10.3 Å². The smallest absolute Gasteiger partial charge is 0.263 e. The Labute approximate surface area is 117 Å². The van der Waals surface area contributed by atoms with E-state index in [4.69, 9.17) is 5.73 Å². The van der Waals surface area contributed by atoms with E-state index >= 15 is 0 Å². The Kier molecular flexibility index (Phi) is 7.01. The van der Waals surface area contributed by atoms with Crippen LogP contribution in [0.15, 0.2) is 5.51 Å². The highest BCUT2D eigenvalue weighted by molar-refractivity contribution is 7.11. The summed E-state index contributed by atoms with van der Waals surface area (Å²) in [5, 5.41) is 2.98. The van der Waals surface area contributed by atoms with Gasteiger partial charge in [-0.2, -0.15) is 0 Å². The van der Waals surface area contributed by atoms with E-state index in [1.807, 2.05) is 6.92 Å². The molecule has 1 heterocycles. The summed E-state index contributed by atoms with van der Waals surface area (Å²) in [6, 6.07) is 0.138. The van der Waals surface area contributed by atoms with Crippen molar-refractivity contribution in [2.24, 2.45) is 11.7 Å². The second kappa shape index (κ2) is 7.16. The third-order valence-corrected chi connectivity index (χ3v) is 3.64. The normalized spacial score (nSPS) is 15.4. The number of halogens is 2. The van der Waals surface area contributed by atoms with Crippen LogP contribution in [0.2, 0.25) is 0 Å². The minimum atomic E-state index is -0.0302. The molecule has 0 saturated heterocycles. The van der Waals surface area contributed by atoms with E-state index in [-0.39, 0.29) is 36.8 Å². The summed E-state index contributed by atoms with van der Waals surface area (Å²) < 4.78 is 0. The largest absolute Gasteiger partial charge is 0.347 e. The first kappa shape index (κ1) is 16.6. The van der Waals surface area contributed by atoms with Crippen LogP contribution in [0.4, 0.5) is 0 Å². The number of amides is 1. The molecule has 0 spiro atoms. The number of rotatable bonds is 4. The molecule has 1 aliphatic rings. The summed E-state index contributed by atoms with van der Waals surface area (Å²) in [4.78, 5) is 16.6. The molecule has 3 N–H and O–H groups in total. The van der Waals surface area contributed by atoms with Gasteiger partial charge in [0.1, 0.15) is 4.88 Å². The van der Waals surface area contributed by atoms with Crippen LogP contribution in [0, 0.1) is 12.8 Å². The maximum atomic E-state index is 11.8. The third-order valence-electron chi connectivity index (χ3n) is 2.71. The minimum absolute atomic E-state index is 0. The zero-order valence-electron chi connectivity index (χ0n) is 9.51. The molecule has 0 radical (unpaired) electrons. The Bertz CT molecular complexity index is 368. The summed E-state index contributed by atoms with van der Waals surface area (Å²) in [5.41, 5.74) is 8.12. The first-order valence-corrected chi connectivity index (χ1v) is 6.01. The van der Waals surface area contributed by atoms with Crippen molar-refractivity contribution in [3.63, 3.8) is 0 Å². The average molecular weight is 298 g/mol. The van der Waals surface area contributed by atoms with Crippen molar-refractivity contribution in [1.29, 1.82) is 0 Å². The molecule has 0 aromatic carbocycles. The van der Waals surface area contributed by atoms with E-state index in [0.29, 0.717) is 17.3 Å². The second-order valence-corrected chi connectivity index (χ2v) is 4.77. The van der Waals surface area contributed by atoms with Crippen molar-refractivity contribution in [2.45, 2.75) is 25.8 Å². The van der Waals surface area contributed by atoms with E-state index in [1.165, 1.54) is 24.2 Å². The Morgan fingerprint density at radius 2 is 2.29 bits per heavy atom. The SMILES string of the molecule is Cc1ncsc1C(=O)NC(CN)C1CC1.Cl.Cl. The number of nitrogens with two attached hydrogens (primary N) is 1. The fourth-order valence-corrected chi connectivity index (χ4v) is 2.33. The molecule has 0 aliphatic heterocycles. The summed E-state index contributed by atoms with van der Waals surface area (Å²) in [6.07, 6.45) is 2.37. The summed E-state index contributed by atoms with van der Waals surface area (Å²) in [7, 11) is 0. The Morgan fingerprint density at radius 1 is 1.65 bits per heavy atom. The molecule has 0 bridgehead atoms. The number of hydrogen-bond donors (Lipinski definition) is 2. The van der Waals surface area contributed by atoms with Crippen LogP contribution < -0.4 is 11.1 Å². The number of thiazole rings is 1. The van der Waals surface area contributed by atoms with Crippen LogP contribution in [0.1, 0.15) is 28.2 Å². The summed E-state index contributed by atoms with van der Waals surface area (Å²) in [6.45, 7) is 2.37. The van der Waals surface area contributed by atoms with Crippen molar-refractivity contribution >= 4 is 42.1 Å². The van der Waals surface area contributed by atoms with Crippen molar-refractivity contribution in [3.8, 4) is 0 Å². The van der Waals surface area contributed by atoms with Crippen molar-refractivity contribution in [3.05, 3.63) is 16.1 Å². The molecule has 1 unspecified atom stereocenters. The second-order valence-electron chi connectivity index (χ2n) is 3.92. The molecule has 1 amide bonds. The number of hydrogen-bond acceptors (Lipinski definition) is 4.